The summed E-state index contributed by atoms with van der Waals surface area (Å²) >= 11 is 0. The predicted molar refractivity (Wildman–Crippen MR) is 75.8 cm³/mol. The van der Waals surface area contributed by atoms with Gasteiger partial charge in [-0.2, -0.15) is 0 Å². The minimum Gasteiger partial charge on any atom is -0.398 e. The highest BCUT2D eigenvalue weighted by Crippen LogP contribution is 2.30. The Labute approximate surface area is 113 Å². The molecule has 1 fully saturated rings. The van der Waals surface area contributed by atoms with E-state index in [1.165, 1.54) is 18.9 Å². The standard InChI is InChI=1S/C14H21N3O2/c1-10(2)8-16(12-3-4-12)9-11-7-13(17(18)19)5-6-14(11)15/h5-7,10,12H,3-4,8-9,15H2,1-2H3. The van der Waals surface area contributed by atoms with Crippen LogP contribution in [0, 0.1) is 16.0 Å². The number of benzene rings is 1. The summed E-state index contributed by atoms with van der Waals surface area (Å²) in [5.41, 5.74) is 7.56. The van der Waals surface area contributed by atoms with Gasteiger partial charge in [0.2, 0.25) is 0 Å². The highest BCUT2D eigenvalue weighted by atomic mass is 16.6. The molecule has 0 amide bonds. The van der Waals surface area contributed by atoms with E-state index in [1.54, 1.807) is 12.1 Å². The van der Waals surface area contributed by atoms with Crippen LogP contribution in [-0.4, -0.2) is 22.4 Å². The molecule has 0 unspecified atom stereocenters. The van der Waals surface area contributed by atoms with Crippen molar-refractivity contribution in [3.63, 3.8) is 0 Å². The molecule has 0 atom stereocenters. The number of rotatable bonds is 6. The van der Waals surface area contributed by atoms with Gasteiger partial charge in [0.25, 0.3) is 5.69 Å². The first-order chi connectivity index (χ1) is 8.97. The predicted octanol–water partition coefficient (Wildman–Crippen LogP) is 2.80. The van der Waals surface area contributed by atoms with Crippen molar-refractivity contribution >= 4 is 11.4 Å². The lowest BCUT2D eigenvalue weighted by molar-refractivity contribution is -0.384. The molecular weight excluding hydrogens is 242 g/mol. The second-order valence-electron chi connectivity index (χ2n) is 5.69. The van der Waals surface area contributed by atoms with Crippen LogP contribution < -0.4 is 5.73 Å². The van der Waals surface area contributed by atoms with Crippen molar-refractivity contribution in [2.75, 3.05) is 12.3 Å². The minimum atomic E-state index is -0.368. The van der Waals surface area contributed by atoms with Crippen molar-refractivity contribution in [2.24, 2.45) is 5.92 Å². The van der Waals surface area contributed by atoms with Gasteiger partial charge in [0.05, 0.1) is 4.92 Å². The molecule has 0 aromatic heterocycles. The Kier molecular flexibility index (Phi) is 4.04. The molecule has 0 aliphatic heterocycles. The zero-order valence-corrected chi connectivity index (χ0v) is 11.5. The number of hydrogen-bond acceptors (Lipinski definition) is 4. The van der Waals surface area contributed by atoms with Crippen LogP contribution >= 0.6 is 0 Å². The summed E-state index contributed by atoms with van der Waals surface area (Å²) < 4.78 is 0. The minimum absolute atomic E-state index is 0.115. The molecule has 0 radical (unpaired) electrons. The monoisotopic (exact) mass is 263 g/mol. The number of hydrogen-bond donors (Lipinski definition) is 1. The van der Waals surface area contributed by atoms with Crippen molar-refractivity contribution in [1.82, 2.24) is 4.90 Å². The quantitative estimate of drug-likeness (QED) is 0.486. The first kappa shape index (κ1) is 13.8. The summed E-state index contributed by atoms with van der Waals surface area (Å²) in [6.45, 7) is 6.08. The topological polar surface area (TPSA) is 72.4 Å². The van der Waals surface area contributed by atoms with Crippen LogP contribution in [0.1, 0.15) is 32.3 Å². The fourth-order valence-corrected chi connectivity index (χ4v) is 2.31. The third-order valence-corrected chi connectivity index (χ3v) is 3.37. The summed E-state index contributed by atoms with van der Waals surface area (Å²) in [4.78, 5) is 12.8. The fourth-order valence-electron chi connectivity index (χ4n) is 2.31. The van der Waals surface area contributed by atoms with Crippen molar-refractivity contribution in [3.8, 4) is 0 Å². The van der Waals surface area contributed by atoms with Crippen LogP contribution in [0.2, 0.25) is 0 Å². The largest absolute Gasteiger partial charge is 0.398 e. The molecule has 5 heteroatoms. The van der Waals surface area contributed by atoms with Gasteiger partial charge in [0.1, 0.15) is 0 Å². The molecule has 0 bridgehead atoms. The van der Waals surface area contributed by atoms with Crippen molar-refractivity contribution in [2.45, 2.75) is 39.3 Å². The maximum absolute atomic E-state index is 10.8. The summed E-state index contributed by atoms with van der Waals surface area (Å²) in [6, 6.07) is 5.32. The highest BCUT2D eigenvalue weighted by Gasteiger charge is 2.29. The van der Waals surface area contributed by atoms with E-state index in [1.807, 2.05) is 0 Å². The summed E-state index contributed by atoms with van der Waals surface area (Å²) in [5, 5.41) is 10.8. The summed E-state index contributed by atoms with van der Waals surface area (Å²) in [6.07, 6.45) is 2.45. The van der Waals surface area contributed by atoms with Gasteiger partial charge in [0, 0.05) is 37.0 Å². The van der Waals surface area contributed by atoms with Crippen molar-refractivity contribution in [1.29, 1.82) is 0 Å². The van der Waals surface area contributed by atoms with Gasteiger partial charge in [-0.1, -0.05) is 13.8 Å². The second kappa shape index (κ2) is 5.57. The van der Waals surface area contributed by atoms with Gasteiger partial charge >= 0.3 is 0 Å². The van der Waals surface area contributed by atoms with Gasteiger partial charge < -0.3 is 5.73 Å². The molecule has 0 spiro atoms. The molecule has 1 aliphatic carbocycles. The molecule has 0 heterocycles. The number of nitrogens with zero attached hydrogens (tertiary/aromatic N) is 2. The summed E-state index contributed by atoms with van der Waals surface area (Å²) in [5.74, 6) is 0.584. The van der Waals surface area contributed by atoms with E-state index < -0.39 is 0 Å². The van der Waals surface area contributed by atoms with E-state index in [9.17, 15) is 10.1 Å². The maximum atomic E-state index is 10.8. The van der Waals surface area contributed by atoms with Gasteiger partial charge in [-0.05, 0) is 30.4 Å². The van der Waals surface area contributed by atoms with Gasteiger partial charge in [-0.25, -0.2) is 0 Å². The van der Waals surface area contributed by atoms with E-state index in [0.717, 1.165) is 12.1 Å². The van der Waals surface area contributed by atoms with Crippen molar-refractivity contribution < 1.29 is 4.92 Å². The lowest BCUT2D eigenvalue weighted by atomic mass is 10.1. The van der Waals surface area contributed by atoms with Crippen LogP contribution in [-0.2, 0) is 6.54 Å². The Balaban J connectivity index is 2.15. The van der Waals surface area contributed by atoms with E-state index in [4.69, 9.17) is 5.73 Å². The first-order valence-electron chi connectivity index (χ1n) is 6.74. The Morgan fingerprint density at radius 3 is 2.68 bits per heavy atom. The molecule has 2 N–H and O–H groups in total. The molecule has 1 saturated carbocycles. The smallest absolute Gasteiger partial charge is 0.269 e. The molecule has 2 rings (SSSR count). The lowest BCUT2D eigenvalue weighted by Crippen LogP contribution is -2.29. The van der Waals surface area contributed by atoms with E-state index in [2.05, 4.69) is 18.7 Å². The number of anilines is 1. The Morgan fingerprint density at radius 2 is 2.16 bits per heavy atom. The third kappa shape index (κ3) is 3.67. The second-order valence-corrected chi connectivity index (χ2v) is 5.69. The Morgan fingerprint density at radius 1 is 1.47 bits per heavy atom. The van der Waals surface area contributed by atoms with E-state index >= 15 is 0 Å². The van der Waals surface area contributed by atoms with Gasteiger partial charge in [0.15, 0.2) is 0 Å². The fraction of sp³-hybridized carbons (Fsp3) is 0.571. The van der Waals surface area contributed by atoms with Crippen LogP contribution in [0.5, 0.6) is 0 Å². The van der Waals surface area contributed by atoms with Crippen molar-refractivity contribution in [3.05, 3.63) is 33.9 Å². The molecule has 1 aromatic carbocycles. The number of nitrogens with two attached hydrogens (primary N) is 1. The normalized spacial score (nSPS) is 15.2. The first-order valence-corrected chi connectivity index (χ1v) is 6.74. The molecule has 104 valence electrons. The zero-order valence-electron chi connectivity index (χ0n) is 11.5. The van der Waals surface area contributed by atoms with Crippen LogP contribution in [0.3, 0.4) is 0 Å². The Bertz CT molecular complexity index is 470. The lowest BCUT2D eigenvalue weighted by Gasteiger charge is -2.24. The Hall–Kier alpha value is -1.62. The molecule has 5 nitrogen and oxygen atoms in total. The summed E-state index contributed by atoms with van der Waals surface area (Å²) in [7, 11) is 0. The number of non-ortho nitro benzene ring substituents is 1. The molecule has 1 aromatic rings. The van der Waals surface area contributed by atoms with Crippen LogP contribution in [0.25, 0.3) is 0 Å². The third-order valence-electron chi connectivity index (χ3n) is 3.37. The molecule has 1 aliphatic rings. The number of nitro groups is 1. The highest BCUT2D eigenvalue weighted by molar-refractivity contribution is 5.52. The maximum Gasteiger partial charge on any atom is 0.269 e. The zero-order chi connectivity index (χ0) is 14.0. The average molecular weight is 263 g/mol. The van der Waals surface area contributed by atoms with Gasteiger partial charge in [-0.15, -0.1) is 0 Å². The molecule has 0 saturated heterocycles. The van der Waals surface area contributed by atoms with Crippen LogP contribution in [0.15, 0.2) is 18.2 Å². The number of nitro benzene ring substituents is 1. The molecular formula is C14H21N3O2. The SMILES string of the molecule is CC(C)CN(Cc1cc([N+](=O)[O-])ccc1N)C1CC1. The van der Waals surface area contributed by atoms with Gasteiger partial charge in [-0.3, -0.25) is 15.0 Å². The number of nitrogen functional groups attached to an aromatic ring is 1. The van der Waals surface area contributed by atoms with Crippen LogP contribution in [0.4, 0.5) is 11.4 Å². The van der Waals surface area contributed by atoms with E-state index in [-0.39, 0.29) is 10.6 Å². The molecule has 19 heavy (non-hydrogen) atoms. The van der Waals surface area contributed by atoms with E-state index in [0.29, 0.717) is 24.2 Å². The average Bonchev–Trinajstić information content (AvgIpc) is 3.14.